The molecule has 0 radical (unpaired) electrons. The maximum atomic E-state index is 6.13. The average Bonchev–Trinajstić information content (AvgIpc) is 3.48. The average molecular weight is 418 g/mol. The Labute approximate surface area is 174 Å². The molecule has 0 amide bonds. The molecule has 3 aromatic rings. The number of aromatic nitrogens is 6. The Bertz CT molecular complexity index is 916. The number of nitrogens with zero attached hydrogens (tertiary/aromatic N) is 6. The monoisotopic (exact) mass is 417 g/mol. The second-order valence-electron chi connectivity index (χ2n) is 6.60. The smallest absolute Gasteiger partial charge is 0.319 e. The molecule has 1 N–H and O–H groups in total. The molecule has 0 aliphatic heterocycles. The standard InChI is InChI=1S/C13H17ClN6O.C6H7NO/c1-8-11(14)17-13(21-7-9-3-4-9)18-12(8)15-5-10-6-16-20(2)19-10;1-8-6-3-2-4-7-5-6/h6,9H,3-5,7H2,1-2H3,(H,15,17,18);2-5H,1H3. The van der Waals surface area contributed by atoms with Crippen LogP contribution in [0.2, 0.25) is 5.15 Å². The molecule has 0 spiro atoms. The van der Waals surface area contributed by atoms with Crippen LogP contribution in [0.3, 0.4) is 0 Å². The summed E-state index contributed by atoms with van der Waals surface area (Å²) >= 11 is 6.13. The van der Waals surface area contributed by atoms with Crippen LogP contribution in [0.15, 0.2) is 30.7 Å². The van der Waals surface area contributed by atoms with Crippen LogP contribution in [0, 0.1) is 12.8 Å². The van der Waals surface area contributed by atoms with Gasteiger partial charge in [0.1, 0.15) is 22.4 Å². The SMILES string of the molecule is COc1cccnc1.Cc1c(Cl)nc(OCC2CC2)nc1NCc1cnn(C)n1. The van der Waals surface area contributed by atoms with E-state index in [1.165, 1.54) is 17.6 Å². The molecule has 0 aromatic carbocycles. The van der Waals surface area contributed by atoms with Crippen LogP contribution in [0.4, 0.5) is 5.82 Å². The molecule has 0 bridgehead atoms. The molecule has 3 heterocycles. The Balaban J connectivity index is 0.000000252. The number of methoxy groups -OCH3 is 1. The van der Waals surface area contributed by atoms with E-state index in [0.717, 1.165) is 17.0 Å². The second kappa shape index (κ2) is 10.0. The Kier molecular flexibility index (Phi) is 7.18. The van der Waals surface area contributed by atoms with Gasteiger partial charge in [-0.15, -0.1) is 0 Å². The summed E-state index contributed by atoms with van der Waals surface area (Å²) in [6, 6.07) is 4.00. The van der Waals surface area contributed by atoms with Crippen LogP contribution < -0.4 is 14.8 Å². The fourth-order valence-corrected chi connectivity index (χ4v) is 2.46. The van der Waals surface area contributed by atoms with Crippen molar-refractivity contribution in [1.82, 2.24) is 29.9 Å². The predicted octanol–water partition coefficient (Wildman–Crippen LogP) is 3.06. The van der Waals surface area contributed by atoms with E-state index >= 15 is 0 Å². The Morgan fingerprint density at radius 3 is 2.69 bits per heavy atom. The first kappa shape index (κ1) is 20.8. The molecule has 3 aromatic heterocycles. The fraction of sp³-hybridized carbons (Fsp3) is 0.421. The topological polar surface area (TPSA) is 99.9 Å². The third-order valence-electron chi connectivity index (χ3n) is 4.17. The van der Waals surface area contributed by atoms with E-state index in [1.54, 1.807) is 32.7 Å². The lowest BCUT2D eigenvalue weighted by molar-refractivity contribution is 0.276. The lowest BCUT2D eigenvalue weighted by Gasteiger charge is -2.10. The second-order valence-corrected chi connectivity index (χ2v) is 6.95. The summed E-state index contributed by atoms with van der Waals surface area (Å²) in [6.45, 7) is 3.04. The maximum Gasteiger partial charge on any atom is 0.319 e. The number of ether oxygens (including phenoxy) is 2. The van der Waals surface area contributed by atoms with Gasteiger partial charge in [-0.1, -0.05) is 11.6 Å². The molecule has 9 nitrogen and oxygen atoms in total. The van der Waals surface area contributed by atoms with Crippen LogP contribution in [-0.4, -0.2) is 43.7 Å². The van der Waals surface area contributed by atoms with Gasteiger partial charge < -0.3 is 14.8 Å². The van der Waals surface area contributed by atoms with Gasteiger partial charge in [0.2, 0.25) is 0 Å². The summed E-state index contributed by atoms with van der Waals surface area (Å²) in [5.41, 5.74) is 1.62. The molecule has 154 valence electrons. The Morgan fingerprint density at radius 2 is 2.10 bits per heavy atom. The van der Waals surface area contributed by atoms with Gasteiger partial charge in [0.15, 0.2) is 0 Å². The minimum atomic E-state index is 0.319. The first-order chi connectivity index (χ1) is 14.0. The number of aryl methyl sites for hydroxylation is 1. The van der Waals surface area contributed by atoms with Gasteiger partial charge in [0, 0.05) is 18.8 Å². The Hall–Kier alpha value is -2.94. The number of pyridine rings is 1. The van der Waals surface area contributed by atoms with E-state index in [-0.39, 0.29) is 0 Å². The van der Waals surface area contributed by atoms with E-state index < -0.39 is 0 Å². The van der Waals surface area contributed by atoms with E-state index in [0.29, 0.717) is 36.1 Å². The van der Waals surface area contributed by atoms with Crippen molar-refractivity contribution < 1.29 is 9.47 Å². The van der Waals surface area contributed by atoms with Crippen LogP contribution in [0.25, 0.3) is 0 Å². The van der Waals surface area contributed by atoms with Crippen molar-refractivity contribution in [2.45, 2.75) is 26.3 Å². The molecular formula is C19H24ClN7O2. The molecular weight excluding hydrogens is 394 g/mol. The molecule has 1 aliphatic carbocycles. The van der Waals surface area contributed by atoms with Crippen molar-refractivity contribution in [2.24, 2.45) is 13.0 Å². The van der Waals surface area contributed by atoms with Gasteiger partial charge >= 0.3 is 6.01 Å². The van der Waals surface area contributed by atoms with Gasteiger partial charge in [-0.05, 0) is 37.8 Å². The van der Waals surface area contributed by atoms with Crippen molar-refractivity contribution in [3.05, 3.63) is 47.1 Å². The predicted molar refractivity (Wildman–Crippen MR) is 109 cm³/mol. The summed E-state index contributed by atoms with van der Waals surface area (Å²) in [4.78, 5) is 13.9. The van der Waals surface area contributed by atoms with Crippen molar-refractivity contribution >= 4 is 17.4 Å². The Morgan fingerprint density at radius 1 is 1.28 bits per heavy atom. The molecule has 1 aliphatic rings. The number of nitrogens with one attached hydrogen (secondary N) is 1. The number of halogens is 1. The number of anilines is 1. The largest absolute Gasteiger partial charge is 0.495 e. The third kappa shape index (κ3) is 6.56. The van der Waals surface area contributed by atoms with Gasteiger partial charge in [0.25, 0.3) is 0 Å². The minimum Gasteiger partial charge on any atom is -0.495 e. The van der Waals surface area contributed by atoms with Gasteiger partial charge in [-0.3, -0.25) is 4.98 Å². The molecule has 0 atom stereocenters. The maximum absolute atomic E-state index is 6.13. The van der Waals surface area contributed by atoms with Crippen molar-refractivity contribution in [3.8, 4) is 11.8 Å². The van der Waals surface area contributed by atoms with Crippen LogP contribution in [0.1, 0.15) is 24.1 Å². The number of hydrogen-bond donors (Lipinski definition) is 1. The highest BCUT2D eigenvalue weighted by atomic mass is 35.5. The fourth-order valence-electron chi connectivity index (χ4n) is 2.29. The summed E-state index contributed by atoms with van der Waals surface area (Å²) in [7, 11) is 3.40. The van der Waals surface area contributed by atoms with Gasteiger partial charge in [0.05, 0.1) is 32.7 Å². The highest BCUT2D eigenvalue weighted by Gasteiger charge is 2.23. The molecule has 1 fully saturated rings. The first-order valence-electron chi connectivity index (χ1n) is 9.25. The summed E-state index contributed by atoms with van der Waals surface area (Å²) in [5, 5.41) is 11.8. The van der Waals surface area contributed by atoms with E-state index in [1.807, 2.05) is 19.1 Å². The van der Waals surface area contributed by atoms with Crippen molar-refractivity contribution in [2.75, 3.05) is 19.0 Å². The highest BCUT2D eigenvalue weighted by molar-refractivity contribution is 6.30. The molecule has 10 heteroatoms. The van der Waals surface area contributed by atoms with Crippen molar-refractivity contribution in [1.29, 1.82) is 0 Å². The van der Waals surface area contributed by atoms with Crippen LogP contribution >= 0.6 is 11.6 Å². The zero-order chi connectivity index (χ0) is 20.6. The van der Waals surface area contributed by atoms with Crippen molar-refractivity contribution in [3.63, 3.8) is 0 Å². The number of hydrogen-bond acceptors (Lipinski definition) is 8. The van der Waals surface area contributed by atoms with Gasteiger partial charge in [-0.2, -0.15) is 25.0 Å². The van der Waals surface area contributed by atoms with Gasteiger partial charge in [-0.25, -0.2) is 0 Å². The molecule has 4 rings (SSSR count). The quantitative estimate of drug-likeness (QED) is 0.585. The molecule has 0 unspecified atom stereocenters. The zero-order valence-electron chi connectivity index (χ0n) is 16.7. The summed E-state index contributed by atoms with van der Waals surface area (Å²) < 4.78 is 10.4. The minimum absolute atomic E-state index is 0.319. The van der Waals surface area contributed by atoms with E-state index in [2.05, 4.69) is 30.5 Å². The molecule has 1 saturated carbocycles. The summed E-state index contributed by atoms with van der Waals surface area (Å²) in [6.07, 6.45) is 7.52. The lowest BCUT2D eigenvalue weighted by atomic mass is 10.3. The van der Waals surface area contributed by atoms with E-state index in [4.69, 9.17) is 21.1 Å². The van der Waals surface area contributed by atoms with E-state index in [9.17, 15) is 0 Å². The third-order valence-corrected chi connectivity index (χ3v) is 4.53. The van der Waals surface area contributed by atoms with Crippen LogP contribution in [0.5, 0.6) is 11.8 Å². The normalized spacial score (nSPS) is 12.7. The zero-order valence-corrected chi connectivity index (χ0v) is 17.4. The highest BCUT2D eigenvalue weighted by Crippen LogP contribution is 2.30. The first-order valence-corrected chi connectivity index (χ1v) is 9.63. The molecule has 29 heavy (non-hydrogen) atoms. The molecule has 0 saturated heterocycles. The van der Waals surface area contributed by atoms with Crippen LogP contribution in [-0.2, 0) is 13.6 Å². The number of rotatable bonds is 7. The summed E-state index contributed by atoms with van der Waals surface area (Å²) in [5.74, 6) is 2.10. The lowest BCUT2D eigenvalue weighted by Crippen LogP contribution is -2.09.